The van der Waals surface area contributed by atoms with Crippen molar-refractivity contribution >= 4 is 15.7 Å². The molecule has 0 bridgehead atoms. The van der Waals surface area contributed by atoms with Crippen LogP contribution in [-0.2, 0) is 27.5 Å². The number of hydrogen-bond donors (Lipinski definition) is 1. The highest BCUT2D eigenvalue weighted by Gasteiger charge is 2.14. The Morgan fingerprint density at radius 3 is 2.50 bits per heavy atom. The molecule has 0 spiro atoms. The van der Waals surface area contributed by atoms with Crippen LogP contribution in [0.3, 0.4) is 0 Å². The maximum atomic E-state index is 12.1. The predicted octanol–water partition coefficient (Wildman–Crippen LogP) is 2.84. The Kier molecular flexibility index (Phi) is 5.32. The van der Waals surface area contributed by atoms with Crippen molar-refractivity contribution in [2.24, 2.45) is 0 Å². The molecule has 3 rings (SSSR count). The van der Waals surface area contributed by atoms with E-state index in [4.69, 9.17) is 4.74 Å². The number of amides is 1. The number of benzene rings is 2. The second kappa shape index (κ2) is 7.50. The smallest absolute Gasteiger partial charge is 0.258 e. The zero-order chi connectivity index (χ0) is 18.7. The van der Waals surface area contributed by atoms with Gasteiger partial charge in [0.25, 0.3) is 5.91 Å². The number of rotatable bonds is 6. The van der Waals surface area contributed by atoms with Crippen LogP contribution in [0.1, 0.15) is 36.1 Å². The van der Waals surface area contributed by atoms with Crippen molar-refractivity contribution in [2.45, 2.75) is 37.1 Å². The molecule has 1 atom stereocenters. The standard InChI is InChI=1S/C20H23NO4S/c1-14(15-7-10-19(11-8-15)26(2,23)24)21-20(22)13-25-18-9-6-16-4-3-5-17(16)12-18/h6-12,14H,3-5,13H2,1-2H3,(H,21,22). The number of carbonyl (C=O) groups is 1. The van der Waals surface area contributed by atoms with Crippen molar-refractivity contribution in [3.63, 3.8) is 0 Å². The first-order valence-corrected chi connectivity index (χ1v) is 10.6. The SMILES string of the molecule is CC(NC(=O)COc1ccc2c(c1)CCC2)c1ccc(S(C)(=O)=O)cc1. The van der Waals surface area contributed by atoms with Gasteiger partial charge < -0.3 is 10.1 Å². The molecule has 6 heteroatoms. The third kappa shape index (κ3) is 4.43. The van der Waals surface area contributed by atoms with Crippen LogP contribution in [0.25, 0.3) is 0 Å². The minimum atomic E-state index is -3.22. The van der Waals surface area contributed by atoms with Crippen LogP contribution in [0.15, 0.2) is 47.4 Å². The van der Waals surface area contributed by atoms with Gasteiger partial charge in [-0.25, -0.2) is 8.42 Å². The van der Waals surface area contributed by atoms with Crippen molar-refractivity contribution in [1.82, 2.24) is 5.32 Å². The van der Waals surface area contributed by atoms with E-state index in [1.807, 2.05) is 19.1 Å². The van der Waals surface area contributed by atoms with Crippen molar-refractivity contribution in [3.05, 3.63) is 59.2 Å². The molecular weight excluding hydrogens is 350 g/mol. The lowest BCUT2D eigenvalue weighted by molar-refractivity contribution is -0.123. The Bertz CT molecular complexity index is 904. The molecule has 2 aromatic carbocycles. The van der Waals surface area contributed by atoms with Crippen LogP contribution in [0.2, 0.25) is 0 Å². The van der Waals surface area contributed by atoms with E-state index in [1.165, 1.54) is 23.8 Å². The molecule has 26 heavy (non-hydrogen) atoms. The summed E-state index contributed by atoms with van der Waals surface area (Å²) in [4.78, 5) is 12.4. The van der Waals surface area contributed by atoms with Crippen molar-refractivity contribution in [2.75, 3.05) is 12.9 Å². The van der Waals surface area contributed by atoms with Gasteiger partial charge in [-0.3, -0.25) is 4.79 Å². The Balaban J connectivity index is 1.54. The quantitative estimate of drug-likeness (QED) is 0.845. The zero-order valence-corrected chi connectivity index (χ0v) is 15.8. The van der Waals surface area contributed by atoms with Crippen LogP contribution < -0.4 is 10.1 Å². The van der Waals surface area contributed by atoms with Crippen LogP contribution in [0, 0.1) is 0 Å². The highest BCUT2D eigenvalue weighted by atomic mass is 32.2. The number of carbonyl (C=O) groups excluding carboxylic acids is 1. The molecular formula is C20H23NO4S. The number of hydrogen-bond acceptors (Lipinski definition) is 4. The summed E-state index contributed by atoms with van der Waals surface area (Å²) in [6, 6.07) is 12.3. The number of nitrogens with one attached hydrogen (secondary N) is 1. The molecule has 1 N–H and O–H groups in total. The monoisotopic (exact) mass is 373 g/mol. The van der Waals surface area contributed by atoms with Gasteiger partial charge in [-0.1, -0.05) is 18.2 Å². The van der Waals surface area contributed by atoms with Gasteiger partial charge in [0.2, 0.25) is 0 Å². The van der Waals surface area contributed by atoms with Gasteiger partial charge in [-0.2, -0.15) is 0 Å². The summed E-state index contributed by atoms with van der Waals surface area (Å²) in [6.07, 6.45) is 4.53. The number of aryl methyl sites for hydroxylation is 2. The highest BCUT2D eigenvalue weighted by Crippen LogP contribution is 2.26. The summed E-state index contributed by atoms with van der Waals surface area (Å²) in [5.74, 6) is 0.496. The fourth-order valence-electron chi connectivity index (χ4n) is 3.16. The van der Waals surface area contributed by atoms with Gasteiger partial charge >= 0.3 is 0 Å². The van der Waals surface area contributed by atoms with Crippen LogP contribution in [0.4, 0.5) is 0 Å². The molecule has 5 nitrogen and oxygen atoms in total. The molecule has 0 aromatic heterocycles. The fourth-order valence-corrected chi connectivity index (χ4v) is 3.79. The average Bonchev–Trinajstić information content (AvgIpc) is 3.07. The molecule has 1 unspecified atom stereocenters. The highest BCUT2D eigenvalue weighted by molar-refractivity contribution is 7.90. The minimum absolute atomic E-state index is 0.0510. The molecule has 0 radical (unpaired) electrons. The fraction of sp³-hybridized carbons (Fsp3) is 0.350. The van der Waals surface area contributed by atoms with Crippen molar-refractivity contribution in [3.8, 4) is 5.75 Å². The van der Waals surface area contributed by atoms with E-state index in [-0.39, 0.29) is 23.5 Å². The summed E-state index contributed by atoms with van der Waals surface area (Å²) < 4.78 is 28.6. The van der Waals surface area contributed by atoms with E-state index >= 15 is 0 Å². The maximum absolute atomic E-state index is 12.1. The Morgan fingerprint density at radius 1 is 1.12 bits per heavy atom. The van der Waals surface area contributed by atoms with Gasteiger partial charge in [-0.15, -0.1) is 0 Å². The summed E-state index contributed by atoms with van der Waals surface area (Å²) >= 11 is 0. The Morgan fingerprint density at radius 2 is 1.81 bits per heavy atom. The lowest BCUT2D eigenvalue weighted by atomic mass is 10.1. The lowest BCUT2D eigenvalue weighted by Gasteiger charge is -2.15. The normalized spacial score (nSPS) is 14.5. The molecule has 0 aliphatic heterocycles. The molecule has 0 heterocycles. The van der Waals surface area contributed by atoms with E-state index < -0.39 is 9.84 Å². The van der Waals surface area contributed by atoms with E-state index in [1.54, 1.807) is 24.3 Å². The Labute approximate surface area is 154 Å². The molecule has 1 aliphatic rings. The van der Waals surface area contributed by atoms with Crippen LogP contribution in [-0.4, -0.2) is 27.2 Å². The molecule has 2 aromatic rings. The summed E-state index contributed by atoms with van der Waals surface area (Å²) in [5.41, 5.74) is 3.51. The number of sulfone groups is 1. The second-order valence-electron chi connectivity index (χ2n) is 6.70. The summed E-state index contributed by atoms with van der Waals surface area (Å²) in [6.45, 7) is 1.80. The number of fused-ring (bicyclic) bond motifs is 1. The van der Waals surface area contributed by atoms with E-state index in [9.17, 15) is 13.2 Å². The number of ether oxygens (including phenoxy) is 1. The predicted molar refractivity (Wildman–Crippen MR) is 100 cm³/mol. The van der Waals surface area contributed by atoms with Gasteiger partial charge in [0.05, 0.1) is 10.9 Å². The molecule has 0 saturated carbocycles. The first kappa shape index (κ1) is 18.5. The molecule has 0 fully saturated rings. The third-order valence-electron chi connectivity index (χ3n) is 4.63. The lowest BCUT2D eigenvalue weighted by Crippen LogP contribution is -2.31. The third-order valence-corrected chi connectivity index (χ3v) is 5.75. The van der Waals surface area contributed by atoms with Gasteiger partial charge in [0.15, 0.2) is 16.4 Å². The summed E-state index contributed by atoms with van der Waals surface area (Å²) in [5, 5.41) is 2.86. The molecule has 138 valence electrons. The first-order valence-electron chi connectivity index (χ1n) is 8.67. The van der Waals surface area contributed by atoms with E-state index in [0.29, 0.717) is 5.75 Å². The molecule has 1 aliphatic carbocycles. The Hall–Kier alpha value is -2.34. The van der Waals surface area contributed by atoms with E-state index in [0.717, 1.165) is 18.4 Å². The van der Waals surface area contributed by atoms with Crippen LogP contribution in [0.5, 0.6) is 5.75 Å². The van der Waals surface area contributed by atoms with Gasteiger partial charge in [0.1, 0.15) is 5.75 Å². The maximum Gasteiger partial charge on any atom is 0.258 e. The first-order chi connectivity index (χ1) is 12.3. The van der Waals surface area contributed by atoms with Gasteiger partial charge in [0, 0.05) is 6.26 Å². The molecule has 1 amide bonds. The van der Waals surface area contributed by atoms with Crippen molar-refractivity contribution < 1.29 is 17.9 Å². The molecule has 0 saturated heterocycles. The average molecular weight is 373 g/mol. The zero-order valence-electron chi connectivity index (χ0n) is 15.0. The second-order valence-corrected chi connectivity index (χ2v) is 8.72. The van der Waals surface area contributed by atoms with E-state index in [2.05, 4.69) is 11.4 Å². The van der Waals surface area contributed by atoms with Crippen LogP contribution >= 0.6 is 0 Å². The van der Waals surface area contributed by atoms with Gasteiger partial charge in [-0.05, 0) is 67.1 Å². The minimum Gasteiger partial charge on any atom is -0.484 e. The topological polar surface area (TPSA) is 72.5 Å². The largest absolute Gasteiger partial charge is 0.484 e. The summed E-state index contributed by atoms with van der Waals surface area (Å²) in [7, 11) is -3.22. The van der Waals surface area contributed by atoms with Crippen molar-refractivity contribution in [1.29, 1.82) is 0 Å².